The molecule has 0 bridgehead atoms. The fraction of sp³-hybridized carbons (Fsp3) is 0.0526. The molecule has 4 N–H and O–H groups in total. The summed E-state index contributed by atoms with van der Waals surface area (Å²) in [6.45, 7) is 0. The van der Waals surface area contributed by atoms with Gasteiger partial charge in [0.15, 0.2) is 5.69 Å². The van der Waals surface area contributed by atoms with Crippen molar-refractivity contribution in [2.24, 2.45) is 5.73 Å². The van der Waals surface area contributed by atoms with E-state index < -0.39 is 11.9 Å². The lowest BCUT2D eigenvalue weighted by molar-refractivity contribution is 0.0593. The monoisotopic (exact) mass is 377 g/mol. The Morgan fingerprint density at radius 3 is 2.64 bits per heavy atom. The standard InChI is InChI=1S/C19H15N5O4/c1-27-19(26)17-16(21)11(9-20)10-24(17)12-3-2-4-13(7-12)28-14-5-6-23-15(8-14)18(22)25/h2-8,10H,21H2,1H3,(H2,22,25). The van der Waals surface area contributed by atoms with Crippen molar-refractivity contribution in [3.05, 3.63) is 65.7 Å². The number of nitrogens with two attached hydrogens (primary N) is 2. The lowest BCUT2D eigenvalue weighted by Gasteiger charge is -2.11. The third-order valence-electron chi connectivity index (χ3n) is 3.86. The Balaban J connectivity index is 2.01. The molecule has 3 rings (SSSR count). The molecule has 0 unspecified atom stereocenters. The first-order valence-corrected chi connectivity index (χ1v) is 7.98. The molecule has 0 saturated heterocycles. The van der Waals surface area contributed by atoms with Crippen molar-refractivity contribution in [2.75, 3.05) is 12.8 Å². The first-order chi connectivity index (χ1) is 13.4. The van der Waals surface area contributed by atoms with Crippen LogP contribution in [0.25, 0.3) is 5.69 Å². The van der Waals surface area contributed by atoms with Crippen LogP contribution >= 0.6 is 0 Å². The molecule has 1 amide bonds. The number of ether oxygens (including phenoxy) is 2. The number of methoxy groups -OCH3 is 1. The van der Waals surface area contributed by atoms with Gasteiger partial charge in [-0.05, 0) is 18.2 Å². The topological polar surface area (TPSA) is 146 Å². The molecule has 0 fully saturated rings. The summed E-state index contributed by atoms with van der Waals surface area (Å²) in [6, 6.07) is 11.7. The molecule has 9 heteroatoms. The second kappa shape index (κ2) is 7.51. The van der Waals surface area contributed by atoms with Gasteiger partial charge in [0.1, 0.15) is 23.3 Å². The molecule has 0 aliphatic heterocycles. The summed E-state index contributed by atoms with van der Waals surface area (Å²) in [6.07, 6.45) is 2.85. The zero-order valence-corrected chi connectivity index (χ0v) is 14.7. The summed E-state index contributed by atoms with van der Waals surface area (Å²) >= 11 is 0. The van der Waals surface area contributed by atoms with Crippen molar-refractivity contribution in [3.8, 4) is 23.3 Å². The summed E-state index contributed by atoms with van der Waals surface area (Å²) in [5.74, 6) is -0.570. The number of pyridine rings is 1. The van der Waals surface area contributed by atoms with Gasteiger partial charge in [-0.2, -0.15) is 5.26 Å². The minimum Gasteiger partial charge on any atom is -0.464 e. The highest BCUT2D eigenvalue weighted by atomic mass is 16.5. The minimum atomic E-state index is -0.675. The maximum Gasteiger partial charge on any atom is 0.357 e. The number of carbonyl (C=O) groups is 2. The van der Waals surface area contributed by atoms with E-state index in [4.69, 9.17) is 20.9 Å². The van der Waals surface area contributed by atoms with Crippen LogP contribution in [-0.2, 0) is 4.74 Å². The van der Waals surface area contributed by atoms with E-state index in [0.29, 0.717) is 17.2 Å². The van der Waals surface area contributed by atoms with E-state index in [1.165, 1.54) is 30.1 Å². The molecular formula is C19H15N5O4. The summed E-state index contributed by atoms with van der Waals surface area (Å²) in [5.41, 5.74) is 11.9. The normalized spacial score (nSPS) is 10.1. The lowest BCUT2D eigenvalue weighted by Crippen LogP contribution is -2.12. The van der Waals surface area contributed by atoms with Gasteiger partial charge < -0.3 is 25.5 Å². The molecular weight excluding hydrogens is 362 g/mol. The summed E-state index contributed by atoms with van der Waals surface area (Å²) in [5, 5.41) is 9.21. The molecule has 2 aromatic heterocycles. The van der Waals surface area contributed by atoms with E-state index in [-0.39, 0.29) is 22.6 Å². The first-order valence-electron chi connectivity index (χ1n) is 7.98. The number of amides is 1. The van der Waals surface area contributed by atoms with Crippen LogP contribution in [0.3, 0.4) is 0 Å². The van der Waals surface area contributed by atoms with Gasteiger partial charge in [0.2, 0.25) is 0 Å². The number of hydrogen-bond acceptors (Lipinski definition) is 7. The largest absolute Gasteiger partial charge is 0.464 e. The Bertz CT molecular complexity index is 1110. The SMILES string of the molecule is COC(=O)c1c(N)c(C#N)cn1-c1cccc(Oc2ccnc(C(N)=O)c2)c1. The third kappa shape index (κ3) is 3.47. The summed E-state index contributed by atoms with van der Waals surface area (Å²) in [4.78, 5) is 27.2. The maximum absolute atomic E-state index is 12.1. The van der Waals surface area contributed by atoms with Crippen LogP contribution in [0, 0.1) is 11.3 Å². The van der Waals surface area contributed by atoms with Gasteiger partial charge in [0, 0.05) is 30.2 Å². The predicted molar refractivity (Wildman–Crippen MR) is 99.1 cm³/mol. The molecule has 3 aromatic rings. The fourth-order valence-electron chi connectivity index (χ4n) is 2.56. The van der Waals surface area contributed by atoms with E-state index in [1.54, 1.807) is 30.3 Å². The number of benzene rings is 1. The van der Waals surface area contributed by atoms with Crippen LogP contribution in [-0.4, -0.2) is 28.5 Å². The molecule has 0 aliphatic carbocycles. The molecule has 0 radical (unpaired) electrons. The molecule has 28 heavy (non-hydrogen) atoms. The van der Waals surface area contributed by atoms with Crippen molar-refractivity contribution in [1.82, 2.24) is 9.55 Å². The Labute approximate surface area is 159 Å². The number of nitrogens with zero attached hydrogens (tertiary/aromatic N) is 3. The molecule has 9 nitrogen and oxygen atoms in total. The van der Waals surface area contributed by atoms with Gasteiger partial charge in [0.25, 0.3) is 5.91 Å². The van der Waals surface area contributed by atoms with Gasteiger partial charge in [-0.3, -0.25) is 9.78 Å². The number of hydrogen-bond donors (Lipinski definition) is 2. The zero-order valence-electron chi connectivity index (χ0n) is 14.7. The molecule has 1 aromatic carbocycles. The number of nitriles is 1. The number of nitrogen functional groups attached to an aromatic ring is 1. The number of anilines is 1. The number of esters is 1. The fourth-order valence-corrected chi connectivity index (χ4v) is 2.56. The summed E-state index contributed by atoms with van der Waals surface area (Å²) < 4.78 is 12.0. The molecule has 0 saturated carbocycles. The number of aromatic nitrogens is 2. The van der Waals surface area contributed by atoms with Gasteiger partial charge in [-0.15, -0.1) is 0 Å². The molecule has 140 valence electrons. The van der Waals surface area contributed by atoms with Crippen LogP contribution in [0.2, 0.25) is 0 Å². The molecule has 0 atom stereocenters. The van der Waals surface area contributed by atoms with Crippen molar-refractivity contribution < 1.29 is 19.1 Å². The molecule has 0 aliphatic rings. The maximum atomic E-state index is 12.1. The second-order valence-corrected chi connectivity index (χ2v) is 5.62. The van der Waals surface area contributed by atoms with E-state index >= 15 is 0 Å². The number of carbonyl (C=O) groups excluding carboxylic acids is 2. The highest BCUT2D eigenvalue weighted by molar-refractivity contribution is 5.96. The van der Waals surface area contributed by atoms with Crippen molar-refractivity contribution in [1.29, 1.82) is 5.26 Å². The van der Waals surface area contributed by atoms with Crippen LogP contribution in [0.4, 0.5) is 5.69 Å². The summed E-state index contributed by atoms with van der Waals surface area (Å²) in [7, 11) is 1.23. The average molecular weight is 377 g/mol. The van der Waals surface area contributed by atoms with Crippen molar-refractivity contribution >= 4 is 17.6 Å². The average Bonchev–Trinajstić information content (AvgIpc) is 3.04. The Kier molecular flexibility index (Phi) is 4.95. The lowest BCUT2D eigenvalue weighted by atomic mass is 10.2. The van der Waals surface area contributed by atoms with Crippen LogP contribution < -0.4 is 16.2 Å². The van der Waals surface area contributed by atoms with Gasteiger partial charge in [0.05, 0.1) is 18.4 Å². The van der Waals surface area contributed by atoms with Crippen LogP contribution in [0.5, 0.6) is 11.5 Å². The smallest absolute Gasteiger partial charge is 0.357 e. The van der Waals surface area contributed by atoms with Crippen molar-refractivity contribution in [2.45, 2.75) is 0 Å². The van der Waals surface area contributed by atoms with Crippen LogP contribution in [0.1, 0.15) is 26.5 Å². The van der Waals surface area contributed by atoms with Crippen LogP contribution in [0.15, 0.2) is 48.8 Å². The molecule has 0 spiro atoms. The number of rotatable bonds is 5. The Hall–Kier alpha value is -4.32. The van der Waals surface area contributed by atoms with E-state index in [9.17, 15) is 14.9 Å². The third-order valence-corrected chi connectivity index (χ3v) is 3.86. The zero-order chi connectivity index (χ0) is 20.3. The molecule has 2 heterocycles. The van der Waals surface area contributed by atoms with Gasteiger partial charge >= 0.3 is 5.97 Å². The minimum absolute atomic E-state index is 0.0286. The van der Waals surface area contributed by atoms with Gasteiger partial charge in [-0.1, -0.05) is 6.07 Å². The Morgan fingerprint density at radius 2 is 1.96 bits per heavy atom. The van der Waals surface area contributed by atoms with E-state index in [2.05, 4.69) is 4.98 Å². The highest BCUT2D eigenvalue weighted by Gasteiger charge is 2.21. The predicted octanol–water partition coefficient (Wildman–Crippen LogP) is 2.00. The Morgan fingerprint density at radius 1 is 1.21 bits per heavy atom. The van der Waals surface area contributed by atoms with E-state index in [0.717, 1.165) is 0 Å². The highest BCUT2D eigenvalue weighted by Crippen LogP contribution is 2.28. The van der Waals surface area contributed by atoms with E-state index in [1.807, 2.05) is 6.07 Å². The second-order valence-electron chi connectivity index (χ2n) is 5.62. The van der Waals surface area contributed by atoms with Gasteiger partial charge in [-0.25, -0.2) is 4.79 Å². The van der Waals surface area contributed by atoms with Crippen molar-refractivity contribution in [3.63, 3.8) is 0 Å². The first kappa shape index (κ1) is 18.5. The number of primary amides is 1. The quantitative estimate of drug-likeness (QED) is 0.646.